The number of hydrogen-bond donors (Lipinski definition) is 2. The molecule has 1 aliphatic rings. The highest BCUT2D eigenvalue weighted by atomic mass is 35.5. The lowest BCUT2D eigenvalue weighted by Gasteiger charge is -2.32. The topological polar surface area (TPSA) is 92.9 Å². The number of fused-ring (bicyclic) bond motifs is 1. The molecule has 154 valence electrons. The van der Waals surface area contributed by atoms with Crippen LogP contribution in [0.4, 0.5) is 5.69 Å². The molecule has 0 unspecified atom stereocenters. The van der Waals surface area contributed by atoms with Crippen molar-refractivity contribution in [3.8, 4) is 5.75 Å². The Morgan fingerprint density at radius 1 is 1.31 bits per heavy atom. The van der Waals surface area contributed by atoms with Crippen molar-refractivity contribution in [1.29, 1.82) is 0 Å². The van der Waals surface area contributed by atoms with Crippen LogP contribution in [0.2, 0.25) is 10.0 Å². The van der Waals surface area contributed by atoms with E-state index in [2.05, 4.69) is 0 Å². The molecule has 0 aromatic heterocycles. The Bertz CT molecular complexity index is 935. The number of nitrogens with two attached hydrogens (primary N) is 1. The van der Waals surface area contributed by atoms with E-state index < -0.39 is 11.9 Å². The van der Waals surface area contributed by atoms with Crippen LogP contribution in [-0.4, -0.2) is 41.6 Å². The van der Waals surface area contributed by atoms with Gasteiger partial charge in [0, 0.05) is 24.9 Å². The third-order valence-corrected chi connectivity index (χ3v) is 5.62. The smallest absolute Gasteiger partial charge is 0.304 e. The van der Waals surface area contributed by atoms with E-state index in [0.717, 1.165) is 0 Å². The Balaban J connectivity index is 1.95. The number of rotatable bonds is 5. The molecule has 0 radical (unpaired) electrons. The van der Waals surface area contributed by atoms with Crippen LogP contribution < -0.4 is 10.5 Å². The van der Waals surface area contributed by atoms with E-state index in [1.54, 1.807) is 41.3 Å². The number of amides is 1. The molecule has 0 fully saturated rings. The molecular formula is C21H22Cl2N2O4. The van der Waals surface area contributed by atoms with E-state index in [4.69, 9.17) is 33.7 Å². The van der Waals surface area contributed by atoms with Crippen LogP contribution in [0, 0.1) is 5.92 Å². The molecular weight excluding hydrogens is 415 g/mol. The molecule has 0 saturated heterocycles. The summed E-state index contributed by atoms with van der Waals surface area (Å²) in [5.74, 6) is -1.22. The average molecular weight is 437 g/mol. The number of hydrogen-bond acceptors (Lipinski definition) is 4. The van der Waals surface area contributed by atoms with Gasteiger partial charge in [-0.2, -0.15) is 0 Å². The summed E-state index contributed by atoms with van der Waals surface area (Å²) in [7, 11) is 0. The number of nitrogens with zero attached hydrogens (tertiary/aromatic N) is 1. The fourth-order valence-electron chi connectivity index (χ4n) is 3.48. The highest BCUT2D eigenvalue weighted by Crippen LogP contribution is 2.33. The number of ether oxygens (including phenoxy) is 1. The number of para-hydroxylation sites is 1. The minimum Gasteiger partial charge on any atom is -0.490 e. The second-order valence-corrected chi connectivity index (χ2v) is 8.13. The van der Waals surface area contributed by atoms with Crippen LogP contribution in [0.1, 0.15) is 35.2 Å². The standard InChI is InChI=1S/C21H22Cl2N2O4/c1-12-9-25(21(28)15-3-2-4-18(24)20(15)29-11-12)10-14(8-19(26)27)13-5-6-16(22)17(23)7-13/h2-7,12,14H,8-11,24H2,1H3,(H,26,27)/t12-,14-/m1/s1. The Morgan fingerprint density at radius 3 is 2.76 bits per heavy atom. The summed E-state index contributed by atoms with van der Waals surface area (Å²) < 4.78 is 5.77. The van der Waals surface area contributed by atoms with Gasteiger partial charge in [-0.1, -0.05) is 42.3 Å². The third-order valence-electron chi connectivity index (χ3n) is 4.88. The number of carboxylic acid groups (broad SMARTS) is 1. The predicted molar refractivity (Wildman–Crippen MR) is 113 cm³/mol. The number of carboxylic acids is 1. The first-order valence-electron chi connectivity index (χ1n) is 9.23. The molecule has 3 N–H and O–H groups in total. The zero-order valence-electron chi connectivity index (χ0n) is 15.9. The summed E-state index contributed by atoms with van der Waals surface area (Å²) >= 11 is 12.1. The summed E-state index contributed by atoms with van der Waals surface area (Å²) in [5, 5.41) is 10.1. The Labute approximate surface area is 179 Å². The molecule has 1 aliphatic heterocycles. The lowest BCUT2D eigenvalue weighted by atomic mass is 9.94. The lowest BCUT2D eigenvalue weighted by Crippen LogP contribution is -2.41. The first-order valence-corrected chi connectivity index (χ1v) is 9.99. The highest BCUT2D eigenvalue weighted by Gasteiger charge is 2.29. The van der Waals surface area contributed by atoms with Crippen molar-refractivity contribution in [1.82, 2.24) is 4.90 Å². The minimum absolute atomic E-state index is 0.0472. The van der Waals surface area contributed by atoms with Crippen molar-refractivity contribution in [2.75, 3.05) is 25.4 Å². The van der Waals surface area contributed by atoms with Crippen molar-refractivity contribution in [2.45, 2.75) is 19.3 Å². The third kappa shape index (κ3) is 4.95. The number of halogens is 2. The van der Waals surface area contributed by atoms with Gasteiger partial charge in [0.1, 0.15) is 0 Å². The van der Waals surface area contributed by atoms with Crippen LogP contribution in [0.5, 0.6) is 5.75 Å². The van der Waals surface area contributed by atoms with Gasteiger partial charge in [0.2, 0.25) is 0 Å². The van der Waals surface area contributed by atoms with E-state index in [1.165, 1.54) is 0 Å². The normalized spacial score (nSPS) is 17.7. The van der Waals surface area contributed by atoms with E-state index in [1.807, 2.05) is 6.92 Å². The summed E-state index contributed by atoms with van der Waals surface area (Å²) in [6.45, 7) is 3.03. The van der Waals surface area contributed by atoms with Crippen molar-refractivity contribution in [3.63, 3.8) is 0 Å². The van der Waals surface area contributed by atoms with Crippen molar-refractivity contribution >= 4 is 40.8 Å². The molecule has 2 aromatic rings. The molecule has 2 aromatic carbocycles. The van der Waals surface area contributed by atoms with E-state index in [9.17, 15) is 14.7 Å². The monoisotopic (exact) mass is 436 g/mol. The summed E-state index contributed by atoms with van der Waals surface area (Å²) in [6.07, 6.45) is -0.142. The zero-order chi connectivity index (χ0) is 21.1. The molecule has 0 spiro atoms. The first-order chi connectivity index (χ1) is 13.8. The molecule has 1 amide bonds. The van der Waals surface area contributed by atoms with Gasteiger partial charge in [0.25, 0.3) is 5.91 Å². The van der Waals surface area contributed by atoms with Gasteiger partial charge in [-0.05, 0) is 29.8 Å². The van der Waals surface area contributed by atoms with E-state index >= 15 is 0 Å². The molecule has 1 heterocycles. The van der Waals surface area contributed by atoms with Gasteiger partial charge in [0.15, 0.2) is 5.75 Å². The second kappa shape index (κ2) is 8.93. The van der Waals surface area contributed by atoms with Crippen LogP contribution in [0.25, 0.3) is 0 Å². The molecule has 0 saturated carbocycles. The quantitative estimate of drug-likeness (QED) is 0.681. The van der Waals surface area contributed by atoms with Gasteiger partial charge >= 0.3 is 5.97 Å². The number of carbonyl (C=O) groups is 2. The molecule has 6 nitrogen and oxygen atoms in total. The average Bonchev–Trinajstić information content (AvgIpc) is 2.66. The Kier molecular flexibility index (Phi) is 6.55. The molecule has 8 heteroatoms. The summed E-state index contributed by atoms with van der Waals surface area (Å²) in [5.41, 5.74) is 7.49. The Hall–Kier alpha value is -2.44. The highest BCUT2D eigenvalue weighted by molar-refractivity contribution is 6.42. The maximum Gasteiger partial charge on any atom is 0.304 e. The predicted octanol–water partition coefficient (Wildman–Crippen LogP) is 4.30. The van der Waals surface area contributed by atoms with E-state index in [0.29, 0.717) is 45.8 Å². The van der Waals surface area contributed by atoms with Gasteiger partial charge < -0.3 is 20.5 Å². The molecule has 2 atom stereocenters. The van der Waals surface area contributed by atoms with Crippen LogP contribution in [0.15, 0.2) is 36.4 Å². The van der Waals surface area contributed by atoms with Crippen molar-refractivity contribution in [3.05, 3.63) is 57.6 Å². The fourth-order valence-corrected chi connectivity index (χ4v) is 3.79. The van der Waals surface area contributed by atoms with Crippen molar-refractivity contribution < 1.29 is 19.4 Å². The number of aliphatic carboxylic acids is 1. The Morgan fingerprint density at radius 2 is 2.07 bits per heavy atom. The van der Waals surface area contributed by atoms with Crippen molar-refractivity contribution in [2.24, 2.45) is 5.92 Å². The largest absolute Gasteiger partial charge is 0.490 e. The van der Waals surface area contributed by atoms with Gasteiger partial charge in [-0.25, -0.2) is 0 Å². The number of carbonyl (C=O) groups excluding carboxylic acids is 1. The van der Waals surface area contributed by atoms with Crippen LogP contribution in [0.3, 0.4) is 0 Å². The molecule has 3 rings (SSSR count). The summed E-state index contributed by atoms with van der Waals surface area (Å²) in [6, 6.07) is 10.1. The maximum absolute atomic E-state index is 13.3. The second-order valence-electron chi connectivity index (χ2n) is 7.32. The lowest BCUT2D eigenvalue weighted by molar-refractivity contribution is -0.137. The van der Waals surface area contributed by atoms with Gasteiger partial charge in [0.05, 0.1) is 34.3 Å². The summed E-state index contributed by atoms with van der Waals surface area (Å²) in [4.78, 5) is 26.4. The fraction of sp³-hybridized carbons (Fsp3) is 0.333. The molecule has 29 heavy (non-hydrogen) atoms. The number of benzene rings is 2. The first kappa shape index (κ1) is 21.3. The maximum atomic E-state index is 13.3. The van der Waals surface area contributed by atoms with E-state index in [-0.39, 0.29) is 24.8 Å². The van der Waals surface area contributed by atoms with Crippen LogP contribution in [-0.2, 0) is 4.79 Å². The van der Waals surface area contributed by atoms with Gasteiger partial charge in [-0.15, -0.1) is 0 Å². The minimum atomic E-state index is -0.957. The van der Waals surface area contributed by atoms with Crippen LogP contribution >= 0.6 is 23.2 Å². The number of nitrogen functional groups attached to an aromatic ring is 1. The molecule has 0 aliphatic carbocycles. The molecule has 0 bridgehead atoms. The van der Waals surface area contributed by atoms with Gasteiger partial charge in [-0.3, -0.25) is 9.59 Å². The zero-order valence-corrected chi connectivity index (χ0v) is 17.4. The SMILES string of the molecule is C[C@H]1COc2c(N)cccc2C(=O)N(C[C@@H](CC(=O)O)c2ccc(Cl)c(Cl)c2)C1. The number of anilines is 1.